The van der Waals surface area contributed by atoms with E-state index in [1.165, 1.54) is 4.70 Å². The van der Waals surface area contributed by atoms with E-state index < -0.39 is 0 Å². The molecule has 0 aliphatic heterocycles. The van der Waals surface area contributed by atoms with Crippen LogP contribution in [0.1, 0.15) is 24.1 Å². The summed E-state index contributed by atoms with van der Waals surface area (Å²) in [6, 6.07) is 12.2. The summed E-state index contributed by atoms with van der Waals surface area (Å²) < 4.78 is 3.76. The van der Waals surface area contributed by atoms with Crippen LogP contribution in [0.2, 0.25) is 0 Å². The number of pyridine rings is 2. The van der Waals surface area contributed by atoms with Gasteiger partial charge in [-0.3, -0.25) is 14.8 Å². The molecule has 5 aromatic rings. The van der Waals surface area contributed by atoms with Crippen LogP contribution in [0.5, 0.6) is 0 Å². The quantitative estimate of drug-likeness (QED) is 0.432. The largest absolute Gasteiger partial charge is 0.275 e. The molecule has 5 aromatic heterocycles. The fourth-order valence-corrected chi connectivity index (χ4v) is 5.45. The van der Waals surface area contributed by atoms with E-state index in [0.717, 1.165) is 38.2 Å². The van der Waals surface area contributed by atoms with Gasteiger partial charge in [-0.1, -0.05) is 0 Å². The van der Waals surface area contributed by atoms with E-state index in [0.29, 0.717) is 0 Å². The lowest BCUT2D eigenvalue weighted by Gasteiger charge is -2.04. The molecule has 2 atom stereocenters. The van der Waals surface area contributed by atoms with Gasteiger partial charge in [-0.15, -0.1) is 22.7 Å². The molecule has 2 unspecified atom stereocenters. The molecule has 0 amide bonds. The van der Waals surface area contributed by atoms with Gasteiger partial charge in [0.1, 0.15) is 0 Å². The van der Waals surface area contributed by atoms with E-state index in [9.17, 15) is 4.79 Å². The molecule has 7 heteroatoms. The summed E-state index contributed by atoms with van der Waals surface area (Å²) in [5, 5.41) is 7.27. The van der Waals surface area contributed by atoms with Crippen molar-refractivity contribution in [2.24, 2.45) is 0 Å². The van der Waals surface area contributed by atoms with Crippen molar-refractivity contribution < 1.29 is 0 Å². The third-order valence-corrected chi connectivity index (χ3v) is 7.23. The van der Waals surface area contributed by atoms with Crippen LogP contribution in [0, 0.1) is 0 Å². The van der Waals surface area contributed by atoms with Crippen molar-refractivity contribution in [3.63, 3.8) is 0 Å². The smallest absolute Gasteiger partial charge is 0.267 e. The predicted molar refractivity (Wildman–Crippen MR) is 113 cm³/mol. The molecule has 5 nitrogen and oxygen atoms in total. The van der Waals surface area contributed by atoms with Gasteiger partial charge >= 0.3 is 0 Å². The fourth-order valence-electron chi connectivity index (χ4n) is 3.70. The molecule has 1 aliphatic carbocycles. The molecule has 0 bridgehead atoms. The zero-order chi connectivity index (χ0) is 18.7. The molecule has 1 fully saturated rings. The van der Waals surface area contributed by atoms with Crippen molar-refractivity contribution in [1.29, 1.82) is 0 Å². The third-order valence-electron chi connectivity index (χ3n) is 5.24. The van der Waals surface area contributed by atoms with Crippen molar-refractivity contribution in [3.05, 3.63) is 76.4 Å². The van der Waals surface area contributed by atoms with E-state index in [1.54, 1.807) is 39.7 Å². The molecule has 136 valence electrons. The Morgan fingerprint density at radius 2 is 1.96 bits per heavy atom. The summed E-state index contributed by atoms with van der Waals surface area (Å²) in [4.78, 5) is 23.0. The molecule has 0 spiro atoms. The Balaban J connectivity index is 1.37. The second kappa shape index (κ2) is 6.05. The first-order chi connectivity index (χ1) is 13.8. The number of hydrogen-bond donors (Lipinski definition) is 0. The Morgan fingerprint density at radius 1 is 1.07 bits per heavy atom. The lowest BCUT2D eigenvalue weighted by atomic mass is 10.2. The molecule has 5 heterocycles. The monoisotopic (exact) mass is 402 g/mol. The standard InChI is InChI=1S/C21H14N4OS2/c26-21-14-10-19(12-3-6-22-7-4-12)28-20(14)11-23-25(21)17-9-13(17)15-1-2-18-16(24-15)5-8-27-18/h1-8,10-11,13,17H,9H2. The van der Waals surface area contributed by atoms with Crippen LogP contribution in [0.25, 0.3) is 30.7 Å². The van der Waals surface area contributed by atoms with Gasteiger partial charge in [-0.2, -0.15) is 5.10 Å². The SMILES string of the molecule is O=c1c2cc(-c3ccncc3)sc2cnn1C1CC1c1ccc2sccc2n1. The van der Waals surface area contributed by atoms with E-state index >= 15 is 0 Å². The van der Waals surface area contributed by atoms with Gasteiger partial charge in [0.25, 0.3) is 5.56 Å². The molecule has 0 aromatic carbocycles. The van der Waals surface area contributed by atoms with Crippen LogP contribution < -0.4 is 5.56 Å². The third kappa shape index (κ3) is 2.51. The second-order valence-electron chi connectivity index (χ2n) is 6.97. The first-order valence-electron chi connectivity index (χ1n) is 9.04. The summed E-state index contributed by atoms with van der Waals surface area (Å²) in [6.45, 7) is 0. The fraction of sp³-hybridized carbons (Fsp3) is 0.143. The summed E-state index contributed by atoms with van der Waals surface area (Å²) in [5.74, 6) is 0.255. The Hall–Kier alpha value is -2.90. The van der Waals surface area contributed by atoms with Crippen LogP contribution in [0.3, 0.4) is 0 Å². The maximum Gasteiger partial charge on any atom is 0.275 e. The molecule has 1 saturated carbocycles. The van der Waals surface area contributed by atoms with Crippen LogP contribution in [-0.2, 0) is 0 Å². The van der Waals surface area contributed by atoms with Gasteiger partial charge in [0.05, 0.1) is 32.5 Å². The molecule has 0 saturated heterocycles. The first kappa shape index (κ1) is 16.1. The van der Waals surface area contributed by atoms with Crippen LogP contribution >= 0.6 is 22.7 Å². The van der Waals surface area contributed by atoms with E-state index in [4.69, 9.17) is 4.98 Å². The van der Waals surface area contributed by atoms with Crippen LogP contribution in [0.15, 0.2) is 65.2 Å². The van der Waals surface area contributed by atoms with Gasteiger partial charge in [0, 0.05) is 28.9 Å². The highest BCUT2D eigenvalue weighted by molar-refractivity contribution is 7.22. The molecule has 0 N–H and O–H groups in total. The lowest BCUT2D eigenvalue weighted by molar-refractivity contribution is 0.590. The minimum absolute atomic E-state index is 0.0156. The second-order valence-corrected chi connectivity index (χ2v) is 9.00. The Labute approximate surface area is 167 Å². The first-order valence-corrected chi connectivity index (χ1v) is 10.7. The average molecular weight is 403 g/mol. The van der Waals surface area contributed by atoms with Crippen LogP contribution in [0.4, 0.5) is 0 Å². The van der Waals surface area contributed by atoms with Gasteiger partial charge in [-0.05, 0) is 53.8 Å². The highest BCUT2D eigenvalue weighted by Gasteiger charge is 2.42. The summed E-state index contributed by atoms with van der Waals surface area (Å²) in [5.41, 5.74) is 3.13. The number of rotatable bonds is 3. The highest BCUT2D eigenvalue weighted by Crippen LogP contribution is 2.50. The zero-order valence-corrected chi connectivity index (χ0v) is 16.3. The topological polar surface area (TPSA) is 60.7 Å². The normalized spacial score (nSPS) is 18.7. The van der Waals surface area contributed by atoms with Crippen molar-refractivity contribution in [3.8, 4) is 10.4 Å². The van der Waals surface area contributed by atoms with Crippen molar-refractivity contribution >= 4 is 43.0 Å². The number of thiophene rings is 2. The molecular weight excluding hydrogens is 388 g/mol. The molecule has 28 heavy (non-hydrogen) atoms. The number of nitrogens with zero attached hydrogens (tertiary/aromatic N) is 4. The molecular formula is C21H14N4OS2. The van der Waals surface area contributed by atoms with Gasteiger partial charge < -0.3 is 0 Å². The molecule has 6 rings (SSSR count). The Morgan fingerprint density at radius 3 is 2.86 bits per heavy atom. The Kier molecular flexibility index (Phi) is 3.48. The van der Waals surface area contributed by atoms with E-state index in [2.05, 4.69) is 27.6 Å². The Bertz CT molecular complexity index is 1390. The zero-order valence-electron chi connectivity index (χ0n) is 14.6. The van der Waals surface area contributed by atoms with E-state index in [-0.39, 0.29) is 17.5 Å². The number of fused-ring (bicyclic) bond motifs is 2. The summed E-state index contributed by atoms with van der Waals surface area (Å²) >= 11 is 3.29. The van der Waals surface area contributed by atoms with E-state index in [1.807, 2.05) is 30.5 Å². The number of aromatic nitrogens is 4. The number of hydrogen-bond acceptors (Lipinski definition) is 6. The molecule has 1 aliphatic rings. The van der Waals surface area contributed by atoms with Gasteiger partial charge in [0.15, 0.2) is 0 Å². The molecule has 0 radical (unpaired) electrons. The predicted octanol–water partition coefficient (Wildman–Crippen LogP) is 4.86. The summed E-state index contributed by atoms with van der Waals surface area (Å²) in [7, 11) is 0. The van der Waals surface area contributed by atoms with Crippen molar-refractivity contribution in [2.75, 3.05) is 0 Å². The maximum atomic E-state index is 13.1. The van der Waals surface area contributed by atoms with Crippen LogP contribution in [-0.4, -0.2) is 19.7 Å². The lowest BCUT2D eigenvalue weighted by Crippen LogP contribution is -2.21. The minimum Gasteiger partial charge on any atom is -0.267 e. The van der Waals surface area contributed by atoms with Crippen molar-refractivity contribution in [1.82, 2.24) is 19.7 Å². The van der Waals surface area contributed by atoms with Crippen molar-refractivity contribution in [2.45, 2.75) is 18.4 Å². The average Bonchev–Trinajstić information content (AvgIpc) is 3.17. The van der Waals surface area contributed by atoms with Gasteiger partial charge in [-0.25, -0.2) is 4.68 Å². The minimum atomic E-state index is -0.0156. The highest BCUT2D eigenvalue weighted by atomic mass is 32.1. The maximum absolute atomic E-state index is 13.1. The summed E-state index contributed by atoms with van der Waals surface area (Å²) in [6.07, 6.45) is 6.25. The van der Waals surface area contributed by atoms with Gasteiger partial charge in [0.2, 0.25) is 0 Å².